The Kier molecular flexibility index (Phi) is 13.2. The molecule has 6 unspecified atom stereocenters. The summed E-state index contributed by atoms with van der Waals surface area (Å²) in [5, 5.41) is 7.16. The molecule has 0 amide bonds. The molecule has 7 rings (SSSR count). The van der Waals surface area contributed by atoms with Gasteiger partial charge in [0.15, 0.2) is 0 Å². The third kappa shape index (κ3) is 9.63. The van der Waals surface area contributed by atoms with Gasteiger partial charge < -0.3 is 31.9 Å². The van der Waals surface area contributed by atoms with Gasteiger partial charge in [0.1, 0.15) is 11.6 Å². The summed E-state index contributed by atoms with van der Waals surface area (Å²) in [6, 6.07) is 34.2. The summed E-state index contributed by atoms with van der Waals surface area (Å²) in [6.45, 7) is 8.99. The van der Waals surface area contributed by atoms with Crippen molar-refractivity contribution in [2.75, 3.05) is 31.7 Å². The van der Waals surface area contributed by atoms with Crippen LogP contribution in [0.1, 0.15) is 64.5 Å². The Labute approximate surface area is 324 Å². The molecule has 3 fully saturated rings. The Morgan fingerprint density at radius 3 is 1.22 bits per heavy atom. The van der Waals surface area contributed by atoms with Crippen molar-refractivity contribution in [1.29, 1.82) is 0 Å². The van der Waals surface area contributed by atoms with Crippen molar-refractivity contribution in [1.82, 2.24) is 15.0 Å². The van der Waals surface area contributed by atoms with Gasteiger partial charge in [-0.2, -0.15) is 9.97 Å². The molecule has 4 heterocycles. The smallest absolute Gasteiger partial charge is 0.372 e. The highest BCUT2D eigenvalue weighted by Gasteiger charge is 2.47. The molecular weight excluding hydrogens is 729 g/mol. The van der Waals surface area contributed by atoms with Crippen LogP contribution in [0.2, 0.25) is 18.1 Å². The highest BCUT2D eigenvalue weighted by molar-refractivity contribution is 6.82. The van der Waals surface area contributed by atoms with E-state index in [4.69, 9.17) is 41.5 Å². The Balaban J connectivity index is 0.994. The predicted molar refractivity (Wildman–Crippen MR) is 218 cm³/mol. The maximum atomic E-state index is 6.53. The summed E-state index contributed by atoms with van der Waals surface area (Å²) in [5.74, 6) is 2.31. The van der Waals surface area contributed by atoms with Crippen molar-refractivity contribution in [2.45, 2.75) is 102 Å². The second kappa shape index (κ2) is 18.2. The van der Waals surface area contributed by atoms with Crippen LogP contribution < -0.4 is 20.9 Å². The fourth-order valence-corrected chi connectivity index (χ4v) is 18.5. The molecule has 13 heteroatoms. The molecule has 1 N–H and O–H groups in total. The second-order valence-electron chi connectivity index (χ2n) is 15.0. The fourth-order valence-electron chi connectivity index (χ4n) is 7.87. The van der Waals surface area contributed by atoms with E-state index in [1.54, 1.807) is 0 Å². The minimum absolute atomic E-state index is 0.111. The Morgan fingerprint density at radius 1 is 0.500 bits per heavy atom. The van der Waals surface area contributed by atoms with Gasteiger partial charge in [-0.15, -0.1) is 0 Å². The third-order valence-electron chi connectivity index (χ3n) is 10.5. The third-order valence-corrected chi connectivity index (χ3v) is 21.4. The zero-order valence-electron chi connectivity index (χ0n) is 32.1. The summed E-state index contributed by atoms with van der Waals surface area (Å²) < 4.78 is 38.8. The van der Waals surface area contributed by atoms with Crippen LogP contribution in [0.5, 0.6) is 0 Å². The molecule has 54 heavy (non-hydrogen) atoms. The number of hydrogen-bond donors (Lipinski definition) is 1. The maximum absolute atomic E-state index is 6.53. The molecule has 4 aromatic rings. The molecule has 288 valence electrons. The molecular formula is C41H56N4O6Si3. The Morgan fingerprint density at radius 2 is 0.870 bits per heavy atom. The molecule has 6 atom stereocenters. The molecule has 3 aliphatic heterocycles. The average molecular weight is 785 g/mol. The summed E-state index contributed by atoms with van der Waals surface area (Å²) in [5.41, 5.74) is 0. The lowest BCUT2D eigenvalue weighted by molar-refractivity contribution is 0.252. The highest BCUT2D eigenvalue weighted by Crippen LogP contribution is 2.28. The Hall–Kier alpha value is -3.12. The first-order valence-electron chi connectivity index (χ1n) is 19.9. The summed E-state index contributed by atoms with van der Waals surface area (Å²) in [7, 11) is -7.43. The number of aromatic nitrogens is 3. The zero-order chi connectivity index (χ0) is 37.3. The first kappa shape index (κ1) is 39.1. The van der Waals surface area contributed by atoms with Crippen molar-refractivity contribution in [3.63, 3.8) is 0 Å². The quantitative estimate of drug-likeness (QED) is 0.100. The SMILES string of the molecule is CC1CO[Si](CCCCc2nc(CCCC[Si]3(c4ccccc4)OCC(C)O3)nc(NCCC[Si]3(c4ccccc4)OCC(C)O3)n2)(c2ccccc2)O1. The molecule has 3 aromatic carbocycles. The minimum atomic E-state index is -2.50. The molecule has 0 saturated carbocycles. The summed E-state index contributed by atoms with van der Waals surface area (Å²) in [6.07, 6.45) is 6.63. The fraction of sp³-hybridized carbons (Fsp3) is 0.488. The highest BCUT2D eigenvalue weighted by atomic mass is 28.4. The zero-order valence-corrected chi connectivity index (χ0v) is 35.1. The lowest BCUT2D eigenvalue weighted by atomic mass is 10.2. The molecule has 10 nitrogen and oxygen atoms in total. The van der Waals surface area contributed by atoms with E-state index in [1.807, 2.05) is 18.2 Å². The van der Waals surface area contributed by atoms with Crippen LogP contribution in [0.15, 0.2) is 91.0 Å². The van der Waals surface area contributed by atoms with E-state index < -0.39 is 25.7 Å². The van der Waals surface area contributed by atoms with Gasteiger partial charge in [0.25, 0.3) is 0 Å². The number of aryl methyl sites for hydroxylation is 2. The van der Waals surface area contributed by atoms with Crippen molar-refractivity contribution in [3.05, 3.63) is 103 Å². The number of nitrogens with zero attached hydrogens (tertiary/aromatic N) is 3. The number of anilines is 1. The van der Waals surface area contributed by atoms with Crippen LogP contribution in [-0.2, 0) is 39.4 Å². The largest absolute Gasteiger partial charge is 0.388 e. The Bertz CT molecular complexity index is 1550. The second-order valence-corrected chi connectivity index (χ2v) is 24.3. The van der Waals surface area contributed by atoms with E-state index in [0.29, 0.717) is 25.8 Å². The van der Waals surface area contributed by atoms with Crippen molar-refractivity contribution < 1.29 is 26.6 Å². The van der Waals surface area contributed by atoms with Crippen molar-refractivity contribution in [2.24, 2.45) is 0 Å². The van der Waals surface area contributed by atoms with E-state index in [-0.39, 0.29) is 18.3 Å². The van der Waals surface area contributed by atoms with Crippen LogP contribution in [0.3, 0.4) is 0 Å². The predicted octanol–water partition coefficient (Wildman–Crippen LogP) is 5.67. The van der Waals surface area contributed by atoms with E-state index in [9.17, 15) is 0 Å². The monoisotopic (exact) mass is 784 g/mol. The van der Waals surface area contributed by atoms with Crippen molar-refractivity contribution in [3.8, 4) is 0 Å². The van der Waals surface area contributed by atoms with Gasteiger partial charge in [-0.3, -0.25) is 0 Å². The number of rotatable bonds is 18. The lowest BCUT2D eigenvalue weighted by Crippen LogP contribution is -2.50. The van der Waals surface area contributed by atoms with Gasteiger partial charge >= 0.3 is 25.7 Å². The van der Waals surface area contributed by atoms with E-state index in [1.165, 1.54) is 15.6 Å². The van der Waals surface area contributed by atoms with Gasteiger partial charge in [0.2, 0.25) is 5.95 Å². The topological polar surface area (TPSA) is 106 Å². The first-order valence-corrected chi connectivity index (χ1v) is 26.0. The molecule has 0 spiro atoms. The van der Waals surface area contributed by atoms with Crippen LogP contribution in [-0.4, -0.2) is 85.3 Å². The number of hydrogen-bond acceptors (Lipinski definition) is 10. The minimum Gasteiger partial charge on any atom is -0.388 e. The van der Waals surface area contributed by atoms with Crippen LogP contribution in [0, 0.1) is 0 Å². The molecule has 0 radical (unpaired) electrons. The van der Waals surface area contributed by atoms with Gasteiger partial charge in [0, 0.05) is 19.4 Å². The normalized spacial score (nSPS) is 28.1. The number of nitrogens with one attached hydrogen (secondary N) is 1. The molecule has 0 aliphatic carbocycles. The van der Waals surface area contributed by atoms with E-state index in [2.05, 4.69) is 98.9 Å². The summed E-state index contributed by atoms with van der Waals surface area (Å²) in [4.78, 5) is 14.9. The molecule has 3 aliphatic rings. The molecule has 0 bridgehead atoms. The molecule has 3 saturated heterocycles. The van der Waals surface area contributed by atoms with Crippen molar-refractivity contribution >= 4 is 47.2 Å². The molecule has 1 aromatic heterocycles. The lowest BCUT2D eigenvalue weighted by Gasteiger charge is -2.25. The van der Waals surface area contributed by atoms with E-state index in [0.717, 1.165) is 81.3 Å². The number of unbranched alkanes of at least 4 members (excludes halogenated alkanes) is 2. The number of benzene rings is 3. The summed E-state index contributed by atoms with van der Waals surface area (Å²) >= 11 is 0. The van der Waals surface area contributed by atoms with Gasteiger partial charge in [0.05, 0.1) is 38.1 Å². The van der Waals surface area contributed by atoms with Crippen LogP contribution in [0.4, 0.5) is 5.95 Å². The van der Waals surface area contributed by atoms with Gasteiger partial charge in [-0.25, -0.2) is 4.98 Å². The van der Waals surface area contributed by atoms with Gasteiger partial charge in [-0.05, 0) is 73.7 Å². The standard InChI is InChI=1S/C41H56N4O6Si3/c1-33-30-46-52(49-33,36-18-7-4-8-19-36)27-15-13-24-39-43-40(25-14-16-28-53(47-31-34(2)50-53)37-20-9-5-10-21-37)45-41(44-39)42-26-17-29-54(48-32-35(3)51-54)38-22-11-6-12-23-38/h4-12,18-23,33-35H,13-17,24-32H2,1-3H3,(H,42,43,44,45). The van der Waals surface area contributed by atoms with Gasteiger partial charge in [-0.1, -0.05) is 104 Å². The van der Waals surface area contributed by atoms with Crippen LogP contribution >= 0.6 is 0 Å². The van der Waals surface area contributed by atoms with E-state index >= 15 is 0 Å². The average Bonchev–Trinajstić information content (AvgIpc) is 3.91. The van der Waals surface area contributed by atoms with Crippen LogP contribution in [0.25, 0.3) is 0 Å². The first-order chi connectivity index (χ1) is 26.4. The maximum Gasteiger partial charge on any atom is 0.372 e.